The van der Waals surface area contributed by atoms with Gasteiger partial charge < -0.3 is 5.32 Å². The van der Waals surface area contributed by atoms with Crippen molar-refractivity contribution >= 4 is 12.6 Å². The molecule has 0 fully saturated rings. The number of nitrogens with zero attached hydrogens (tertiary/aromatic N) is 1. The molecule has 0 bridgehead atoms. The van der Waals surface area contributed by atoms with Crippen molar-refractivity contribution in [1.29, 1.82) is 0 Å². The highest BCUT2D eigenvalue weighted by Crippen LogP contribution is 2.15. The van der Waals surface area contributed by atoms with E-state index in [0.717, 1.165) is 5.56 Å². The van der Waals surface area contributed by atoms with E-state index in [4.69, 9.17) is 0 Å². The van der Waals surface area contributed by atoms with Gasteiger partial charge in [0.15, 0.2) is 6.04 Å². The summed E-state index contributed by atoms with van der Waals surface area (Å²) in [6.45, 7) is 3.40. The van der Waals surface area contributed by atoms with Crippen LogP contribution < -0.4 is 5.32 Å². The van der Waals surface area contributed by atoms with Crippen molar-refractivity contribution in [2.75, 3.05) is 7.05 Å². The number of nitrogens with one attached hydrogen (secondary N) is 1. The number of carbonyl (C=O) groups is 1. The average Bonchev–Trinajstić information content (AvgIpc) is 2.20. The Bertz CT molecular complexity index is 295. The molecule has 0 spiro atoms. The Morgan fingerprint density at radius 2 is 2.08 bits per heavy atom. The van der Waals surface area contributed by atoms with Crippen LogP contribution in [0.2, 0.25) is 0 Å². The van der Waals surface area contributed by atoms with Crippen LogP contribution in [-0.2, 0) is 4.79 Å². The SMILES string of the molecule is C=NC(C(=O)NC)c1ccccc1. The van der Waals surface area contributed by atoms with Gasteiger partial charge in [-0.2, -0.15) is 0 Å². The lowest BCUT2D eigenvalue weighted by Crippen LogP contribution is -2.24. The molecule has 0 heterocycles. The summed E-state index contributed by atoms with van der Waals surface area (Å²) in [7, 11) is 1.59. The summed E-state index contributed by atoms with van der Waals surface area (Å²) in [5.74, 6) is -0.138. The molecule has 0 saturated carbocycles. The molecule has 68 valence electrons. The number of hydrogen-bond acceptors (Lipinski definition) is 2. The van der Waals surface area contributed by atoms with Crippen molar-refractivity contribution in [2.24, 2.45) is 4.99 Å². The minimum atomic E-state index is -0.494. The first-order chi connectivity index (χ1) is 6.29. The topological polar surface area (TPSA) is 41.5 Å². The molecule has 1 aromatic carbocycles. The number of aliphatic imine (C=N–C) groups is 1. The van der Waals surface area contributed by atoms with Gasteiger partial charge in [0.05, 0.1) is 0 Å². The Hall–Kier alpha value is -1.64. The van der Waals surface area contributed by atoms with Crippen LogP contribution in [0.5, 0.6) is 0 Å². The van der Waals surface area contributed by atoms with E-state index in [1.807, 2.05) is 30.3 Å². The van der Waals surface area contributed by atoms with E-state index in [1.165, 1.54) is 0 Å². The Labute approximate surface area is 77.5 Å². The average molecular weight is 176 g/mol. The monoisotopic (exact) mass is 176 g/mol. The Balaban J connectivity index is 2.91. The summed E-state index contributed by atoms with van der Waals surface area (Å²) in [5.41, 5.74) is 0.858. The van der Waals surface area contributed by atoms with E-state index < -0.39 is 6.04 Å². The summed E-state index contributed by atoms with van der Waals surface area (Å²) in [4.78, 5) is 15.1. The van der Waals surface area contributed by atoms with E-state index in [1.54, 1.807) is 7.05 Å². The number of amides is 1. The zero-order valence-electron chi connectivity index (χ0n) is 7.53. The van der Waals surface area contributed by atoms with Crippen LogP contribution >= 0.6 is 0 Å². The van der Waals surface area contributed by atoms with Gasteiger partial charge in [-0.3, -0.25) is 9.79 Å². The Morgan fingerprint density at radius 1 is 1.46 bits per heavy atom. The molecule has 13 heavy (non-hydrogen) atoms. The third kappa shape index (κ3) is 2.15. The molecule has 0 aliphatic carbocycles. The molecule has 1 atom stereocenters. The lowest BCUT2D eigenvalue weighted by Gasteiger charge is -2.09. The highest BCUT2D eigenvalue weighted by molar-refractivity contribution is 5.83. The van der Waals surface area contributed by atoms with E-state index in [9.17, 15) is 4.79 Å². The maximum atomic E-state index is 11.3. The van der Waals surface area contributed by atoms with Gasteiger partial charge in [-0.1, -0.05) is 30.3 Å². The van der Waals surface area contributed by atoms with Crippen LogP contribution in [0.3, 0.4) is 0 Å². The number of carbonyl (C=O) groups excluding carboxylic acids is 1. The number of likely N-dealkylation sites (N-methyl/N-ethyl adjacent to an activating group) is 1. The second-order valence-electron chi connectivity index (χ2n) is 2.61. The molecular formula is C10H12N2O. The van der Waals surface area contributed by atoms with E-state index in [2.05, 4.69) is 17.0 Å². The third-order valence-corrected chi connectivity index (χ3v) is 1.79. The number of hydrogen-bond donors (Lipinski definition) is 1. The smallest absolute Gasteiger partial charge is 0.249 e. The summed E-state index contributed by atoms with van der Waals surface area (Å²) in [6, 6.07) is 8.86. The van der Waals surface area contributed by atoms with Gasteiger partial charge in [-0.05, 0) is 12.3 Å². The standard InChI is InChI=1S/C10H12N2O/c1-11-9(10(13)12-2)8-6-4-3-5-7-8/h3-7,9H,1H2,2H3,(H,12,13). The van der Waals surface area contributed by atoms with Gasteiger partial charge >= 0.3 is 0 Å². The lowest BCUT2D eigenvalue weighted by molar-refractivity contribution is -0.121. The molecule has 1 unspecified atom stereocenters. The molecule has 1 N–H and O–H groups in total. The van der Waals surface area contributed by atoms with Gasteiger partial charge in [-0.15, -0.1) is 0 Å². The van der Waals surface area contributed by atoms with Gasteiger partial charge in [0, 0.05) is 7.05 Å². The molecule has 0 aliphatic heterocycles. The number of benzene rings is 1. The molecule has 1 rings (SSSR count). The van der Waals surface area contributed by atoms with Crippen LogP contribution in [0.15, 0.2) is 35.3 Å². The molecule has 0 saturated heterocycles. The highest BCUT2D eigenvalue weighted by atomic mass is 16.2. The predicted molar refractivity (Wildman–Crippen MR) is 52.8 cm³/mol. The molecule has 1 aromatic rings. The van der Waals surface area contributed by atoms with E-state index in [-0.39, 0.29) is 5.91 Å². The van der Waals surface area contributed by atoms with Gasteiger partial charge in [0.2, 0.25) is 5.91 Å². The predicted octanol–water partition coefficient (Wildman–Crippen LogP) is 1.17. The maximum absolute atomic E-state index is 11.3. The minimum absolute atomic E-state index is 0.138. The van der Waals surface area contributed by atoms with Crippen LogP contribution in [0.25, 0.3) is 0 Å². The summed E-state index contributed by atoms with van der Waals surface area (Å²) in [5, 5.41) is 2.54. The summed E-state index contributed by atoms with van der Waals surface area (Å²) < 4.78 is 0. The van der Waals surface area contributed by atoms with E-state index >= 15 is 0 Å². The largest absolute Gasteiger partial charge is 0.357 e. The Kier molecular flexibility index (Phi) is 3.20. The fourth-order valence-electron chi connectivity index (χ4n) is 1.11. The van der Waals surface area contributed by atoms with Crippen LogP contribution in [0, 0.1) is 0 Å². The fourth-order valence-corrected chi connectivity index (χ4v) is 1.11. The molecule has 0 radical (unpaired) electrons. The maximum Gasteiger partial charge on any atom is 0.249 e. The zero-order chi connectivity index (χ0) is 9.68. The van der Waals surface area contributed by atoms with Crippen molar-refractivity contribution in [3.8, 4) is 0 Å². The molecule has 0 aliphatic rings. The van der Waals surface area contributed by atoms with Crippen LogP contribution in [0.1, 0.15) is 11.6 Å². The van der Waals surface area contributed by atoms with Crippen molar-refractivity contribution in [1.82, 2.24) is 5.32 Å². The molecule has 0 aromatic heterocycles. The van der Waals surface area contributed by atoms with Gasteiger partial charge in [0.25, 0.3) is 0 Å². The minimum Gasteiger partial charge on any atom is -0.357 e. The molecule has 1 amide bonds. The van der Waals surface area contributed by atoms with Crippen molar-refractivity contribution in [3.63, 3.8) is 0 Å². The van der Waals surface area contributed by atoms with Gasteiger partial charge in [-0.25, -0.2) is 0 Å². The molecule has 3 nitrogen and oxygen atoms in total. The van der Waals surface area contributed by atoms with Crippen LogP contribution in [-0.4, -0.2) is 19.7 Å². The third-order valence-electron chi connectivity index (χ3n) is 1.79. The van der Waals surface area contributed by atoms with Crippen LogP contribution in [0.4, 0.5) is 0 Å². The highest BCUT2D eigenvalue weighted by Gasteiger charge is 2.15. The molecular weight excluding hydrogens is 164 g/mol. The first kappa shape index (κ1) is 9.45. The lowest BCUT2D eigenvalue weighted by atomic mass is 10.1. The van der Waals surface area contributed by atoms with E-state index in [0.29, 0.717) is 0 Å². The molecule has 3 heteroatoms. The van der Waals surface area contributed by atoms with Gasteiger partial charge in [0.1, 0.15) is 0 Å². The number of rotatable bonds is 3. The second-order valence-corrected chi connectivity index (χ2v) is 2.61. The second kappa shape index (κ2) is 4.40. The first-order valence-corrected chi connectivity index (χ1v) is 4.02. The quantitative estimate of drug-likeness (QED) is 0.690. The fraction of sp³-hybridized carbons (Fsp3) is 0.200. The summed E-state index contributed by atoms with van der Waals surface area (Å²) >= 11 is 0. The first-order valence-electron chi connectivity index (χ1n) is 4.02. The summed E-state index contributed by atoms with van der Waals surface area (Å²) in [6.07, 6.45) is 0. The van der Waals surface area contributed by atoms with Crippen molar-refractivity contribution < 1.29 is 4.79 Å². The Morgan fingerprint density at radius 3 is 2.54 bits per heavy atom. The normalized spacial score (nSPS) is 11.8. The zero-order valence-corrected chi connectivity index (χ0v) is 7.53. The van der Waals surface area contributed by atoms with Crippen molar-refractivity contribution in [3.05, 3.63) is 35.9 Å². The van der Waals surface area contributed by atoms with Crippen molar-refractivity contribution in [2.45, 2.75) is 6.04 Å².